The topological polar surface area (TPSA) is 66.5 Å². The van der Waals surface area contributed by atoms with Gasteiger partial charge in [-0.1, -0.05) is 50.3 Å². The van der Waals surface area contributed by atoms with E-state index in [1.165, 1.54) is 10.5 Å². The molecule has 28 heavy (non-hydrogen) atoms. The number of hydrogen-bond acceptors (Lipinski definition) is 3. The molecule has 2 bridgehead atoms. The zero-order chi connectivity index (χ0) is 20.0. The van der Waals surface area contributed by atoms with Crippen LogP contribution in [0.25, 0.3) is 0 Å². The molecule has 1 heterocycles. The van der Waals surface area contributed by atoms with Gasteiger partial charge in [-0.2, -0.15) is 0 Å². The Balaban J connectivity index is 1.36. The minimum Gasteiger partial charge on any atom is -0.348 e. The highest BCUT2D eigenvalue weighted by molar-refractivity contribution is 6.08. The standard InChI is InChI=1S/C23H28N2O3/c1-13(2)10-15-4-6-16(7-5-15)14(3)24-19(26)12-25-22(27)20-17-8-9-18(11-17)21(20)23(25)28/h4-9,13-14,17-18,20-21H,10-12H2,1-3H3,(H,24,26). The second kappa shape index (κ2) is 7.19. The average Bonchev–Trinajstić information content (AvgIpc) is 3.32. The van der Waals surface area contributed by atoms with E-state index < -0.39 is 0 Å². The quantitative estimate of drug-likeness (QED) is 0.610. The molecule has 1 aromatic rings. The molecule has 3 aliphatic rings. The van der Waals surface area contributed by atoms with E-state index in [0.29, 0.717) is 5.92 Å². The summed E-state index contributed by atoms with van der Waals surface area (Å²) in [6, 6.07) is 8.07. The third-order valence-electron chi connectivity index (χ3n) is 6.36. The highest BCUT2D eigenvalue weighted by atomic mass is 16.2. The normalized spacial score (nSPS) is 28.9. The van der Waals surface area contributed by atoms with Crippen molar-refractivity contribution in [2.24, 2.45) is 29.6 Å². The number of rotatable bonds is 6. The Morgan fingerprint density at radius 1 is 1.04 bits per heavy atom. The van der Waals surface area contributed by atoms with E-state index >= 15 is 0 Å². The van der Waals surface area contributed by atoms with E-state index in [1.54, 1.807) is 0 Å². The maximum Gasteiger partial charge on any atom is 0.240 e. The summed E-state index contributed by atoms with van der Waals surface area (Å²) in [5.41, 5.74) is 2.29. The Hall–Kier alpha value is -2.43. The first-order valence-electron chi connectivity index (χ1n) is 10.3. The number of fused-ring (bicyclic) bond motifs is 5. The Morgan fingerprint density at radius 3 is 2.14 bits per heavy atom. The molecule has 1 aromatic carbocycles. The highest BCUT2D eigenvalue weighted by Gasteiger charge is 2.59. The minimum atomic E-state index is -0.291. The molecule has 1 saturated carbocycles. The third kappa shape index (κ3) is 3.27. The molecule has 1 aliphatic heterocycles. The van der Waals surface area contributed by atoms with Crippen LogP contribution in [0, 0.1) is 29.6 Å². The maximum atomic E-state index is 12.7. The average molecular weight is 380 g/mol. The lowest BCUT2D eigenvalue weighted by atomic mass is 9.85. The fraction of sp³-hybridized carbons (Fsp3) is 0.522. The molecule has 1 N–H and O–H groups in total. The lowest BCUT2D eigenvalue weighted by Gasteiger charge is -2.19. The summed E-state index contributed by atoms with van der Waals surface area (Å²) in [6.07, 6.45) is 6.05. The van der Waals surface area contributed by atoms with Crippen LogP contribution in [0.5, 0.6) is 0 Å². The first kappa shape index (κ1) is 18.9. The van der Waals surface area contributed by atoms with Gasteiger partial charge in [-0.3, -0.25) is 19.3 Å². The first-order chi connectivity index (χ1) is 13.3. The number of allylic oxidation sites excluding steroid dienone is 2. The summed E-state index contributed by atoms with van der Waals surface area (Å²) in [5.74, 6) is -0.197. The number of nitrogens with zero attached hydrogens (tertiary/aromatic N) is 1. The molecule has 5 nitrogen and oxygen atoms in total. The van der Waals surface area contributed by atoms with Gasteiger partial charge in [0.1, 0.15) is 6.54 Å². The van der Waals surface area contributed by atoms with Gasteiger partial charge in [0.15, 0.2) is 0 Å². The lowest BCUT2D eigenvalue weighted by Crippen LogP contribution is -2.42. The largest absolute Gasteiger partial charge is 0.348 e. The van der Waals surface area contributed by atoms with Crippen molar-refractivity contribution in [1.29, 1.82) is 0 Å². The Morgan fingerprint density at radius 2 is 1.61 bits per heavy atom. The minimum absolute atomic E-state index is 0.169. The Kier molecular flexibility index (Phi) is 4.86. The number of imide groups is 1. The molecule has 2 fully saturated rings. The Labute approximate surface area is 166 Å². The van der Waals surface area contributed by atoms with Gasteiger partial charge >= 0.3 is 0 Å². The molecule has 0 aromatic heterocycles. The zero-order valence-corrected chi connectivity index (χ0v) is 16.7. The van der Waals surface area contributed by atoms with Crippen LogP contribution in [-0.2, 0) is 20.8 Å². The van der Waals surface area contributed by atoms with Crippen LogP contribution < -0.4 is 5.32 Å². The number of likely N-dealkylation sites (tertiary alicyclic amines) is 1. The van der Waals surface area contributed by atoms with Crippen molar-refractivity contribution < 1.29 is 14.4 Å². The molecule has 3 amide bonds. The van der Waals surface area contributed by atoms with Gasteiger partial charge in [0.05, 0.1) is 17.9 Å². The van der Waals surface area contributed by atoms with E-state index in [0.717, 1.165) is 18.4 Å². The van der Waals surface area contributed by atoms with Crippen LogP contribution in [0.15, 0.2) is 36.4 Å². The van der Waals surface area contributed by atoms with Gasteiger partial charge in [0, 0.05) is 0 Å². The molecular formula is C23H28N2O3. The van der Waals surface area contributed by atoms with Crippen molar-refractivity contribution in [2.45, 2.75) is 39.7 Å². The SMILES string of the molecule is CC(C)Cc1ccc(C(C)NC(=O)CN2C(=O)C3C4C=CC(C4)C3C2=O)cc1. The second-order valence-electron chi connectivity index (χ2n) is 8.89. The predicted molar refractivity (Wildman–Crippen MR) is 106 cm³/mol. The predicted octanol–water partition coefficient (Wildman–Crippen LogP) is 2.87. The molecule has 4 rings (SSSR count). The van der Waals surface area contributed by atoms with Crippen molar-refractivity contribution in [2.75, 3.05) is 6.54 Å². The smallest absolute Gasteiger partial charge is 0.240 e. The van der Waals surface area contributed by atoms with E-state index in [4.69, 9.17) is 0 Å². The van der Waals surface area contributed by atoms with Crippen LogP contribution in [0.3, 0.4) is 0 Å². The van der Waals surface area contributed by atoms with Crippen LogP contribution in [0.4, 0.5) is 0 Å². The number of amides is 3. The van der Waals surface area contributed by atoms with Crippen LogP contribution in [0.1, 0.15) is 44.4 Å². The van der Waals surface area contributed by atoms with Crippen molar-refractivity contribution in [3.63, 3.8) is 0 Å². The van der Waals surface area contributed by atoms with Gasteiger partial charge in [0.2, 0.25) is 17.7 Å². The number of carbonyl (C=O) groups is 3. The monoisotopic (exact) mass is 380 g/mol. The summed E-state index contributed by atoms with van der Waals surface area (Å²) < 4.78 is 0. The lowest BCUT2D eigenvalue weighted by molar-refractivity contribution is -0.144. The molecule has 5 unspecified atom stereocenters. The van der Waals surface area contributed by atoms with Gasteiger partial charge in [0.25, 0.3) is 0 Å². The van der Waals surface area contributed by atoms with Crippen LogP contribution in [-0.4, -0.2) is 29.2 Å². The van der Waals surface area contributed by atoms with E-state index in [9.17, 15) is 14.4 Å². The maximum absolute atomic E-state index is 12.7. The number of hydrogen-bond donors (Lipinski definition) is 1. The highest BCUT2D eigenvalue weighted by Crippen LogP contribution is 2.52. The van der Waals surface area contributed by atoms with E-state index in [-0.39, 0.29) is 54.0 Å². The summed E-state index contributed by atoms with van der Waals surface area (Å²) >= 11 is 0. The molecule has 148 valence electrons. The number of nitrogens with one attached hydrogen (secondary N) is 1. The Bertz CT molecular complexity index is 797. The van der Waals surface area contributed by atoms with Crippen LogP contribution in [0.2, 0.25) is 0 Å². The van der Waals surface area contributed by atoms with Crippen LogP contribution >= 0.6 is 0 Å². The molecular weight excluding hydrogens is 352 g/mol. The van der Waals surface area contributed by atoms with E-state index in [2.05, 4.69) is 43.4 Å². The second-order valence-corrected chi connectivity index (χ2v) is 8.89. The molecule has 5 heteroatoms. The molecule has 0 spiro atoms. The summed E-state index contributed by atoms with van der Waals surface area (Å²) in [5, 5.41) is 2.93. The van der Waals surface area contributed by atoms with Crippen molar-refractivity contribution in [3.05, 3.63) is 47.5 Å². The number of benzene rings is 1. The van der Waals surface area contributed by atoms with Gasteiger partial charge in [-0.15, -0.1) is 0 Å². The summed E-state index contributed by atoms with van der Waals surface area (Å²) in [6.45, 7) is 6.11. The summed E-state index contributed by atoms with van der Waals surface area (Å²) in [7, 11) is 0. The third-order valence-corrected chi connectivity index (χ3v) is 6.36. The van der Waals surface area contributed by atoms with Gasteiger partial charge in [-0.25, -0.2) is 0 Å². The molecule has 0 radical (unpaired) electrons. The van der Waals surface area contributed by atoms with Crippen molar-refractivity contribution in [3.8, 4) is 0 Å². The number of carbonyl (C=O) groups excluding carboxylic acids is 3. The molecule has 1 saturated heterocycles. The van der Waals surface area contributed by atoms with Gasteiger partial charge in [-0.05, 0) is 48.6 Å². The first-order valence-corrected chi connectivity index (χ1v) is 10.3. The molecule has 5 atom stereocenters. The summed E-state index contributed by atoms with van der Waals surface area (Å²) in [4.78, 5) is 39.1. The fourth-order valence-corrected chi connectivity index (χ4v) is 5.05. The molecule has 2 aliphatic carbocycles. The van der Waals surface area contributed by atoms with Gasteiger partial charge < -0.3 is 5.32 Å². The van der Waals surface area contributed by atoms with E-state index in [1.807, 2.05) is 19.1 Å². The zero-order valence-electron chi connectivity index (χ0n) is 16.7. The fourth-order valence-electron chi connectivity index (χ4n) is 5.05. The van der Waals surface area contributed by atoms with Crippen molar-refractivity contribution >= 4 is 17.7 Å². The van der Waals surface area contributed by atoms with Crippen molar-refractivity contribution in [1.82, 2.24) is 10.2 Å².